The molecule has 1 aliphatic heterocycles. The first-order valence-corrected chi connectivity index (χ1v) is 11.1. The van der Waals surface area contributed by atoms with Crippen molar-refractivity contribution in [3.8, 4) is 0 Å². The molecule has 0 bridgehead atoms. The number of rotatable bonds is 7. The minimum atomic E-state index is -3.39. The zero-order valence-electron chi connectivity index (χ0n) is 15.0. The van der Waals surface area contributed by atoms with E-state index < -0.39 is 10.0 Å². The first kappa shape index (κ1) is 18.8. The van der Waals surface area contributed by atoms with Crippen LogP contribution in [-0.4, -0.2) is 47.8 Å². The molecule has 2 N–H and O–H groups in total. The van der Waals surface area contributed by atoms with Crippen LogP contribution in [0.1, 0.15) is 50.0 Å². The molecule has 0 atom stereocenters. The molecule has 0 amide bonds. The van der Waals surface area contributed by atoms with Crippen LogP contribution in [0.15, 0.2) is 29.2 Å². The number of morpholine rings is 1. The van der Waals surface area contributed by atoms with Gasteiger partial charge >= 0.3 is 0 Å². The summed E-state index contributed by atoms with van der Waals surface area (Å²) < 4.78 is 32.9. The van der Waals surface area contributed by atoms with Gasteiger partial charge in [0.15, 0.2) is 0 Å². The molecule has 1 saturated heterocycles. The van der Waals surface area contributed by atoms with Crippen LogP contribution in [0.5, 0.6) is 0 Å². The van der Waals surface area contributed by atoms with E-state index in [0.717, 1.165) is 39.3 Å². The third kappa shape index (κ3) is 5.51. The van der Waals surface area contributed by atoms with Crippen LogP contribution >= 0.6 is 0 Å². The molecule has 0 unspecified atom stereocenters. The lowest BCUT2D eigenvalue weighted by Gasteiger charge is -2.23. The van der Waals surface area contributed by atoms with Gasteiger partial charge in [0.05, 0.1) is 24.7 Å². The van der Waals surface area contributed by atoms with E-state index in [2.05, 4.69) is 4.72 Å². The van der Waals surface area contributed by atoms with Gasteiger partial charge in [0.1, 0.15) is 13.1 Å². The normalized spacial score (nSPS) is 20.6. The Bertz CT molecular complexity index is 619. The van der Waals surface area contributed by atoms with Crippen molar-refractivity contribution in [2.24, 2.45) is 0 Å². The molecular formula is C19H31N2O3S+. The maximum Gasteiger partial charge on any atom is 0.240 e. The number of nitrogens with one attached hydrogen (secondary N) is 2. The molecule has 3 rings (SSSR count). The standard InChI is InChI=1S/C19H30N2O3S/c22-25(23,20-11-4-12-21-13-15-24-16-14-21)19-9-7-18(8-10-19)17-5-2-1-3-6-17/h7-10,17,20H,1-6,11-16H2/p+1. The molecule has 140 valence electrons. The highest BCUT2D eigenvalue weighted by Crippen LogP contribution is 2.32. The van der Waals surface area contributed by atoms with Crippen molar-refractivity contribution >= 4 is 10.0 Å². The molecule has 25 heavy (non-hydrogen) atoms. The van der Waals surface area contributed by atoms with E-state index in [4.69, 9.17) is 4.74 Å². The van der Waals surface area contributed by atoms with Crippen LogP contribution in [0.2, 0.25) is 0 Å². The summed E-state index contributed by atoms with van der Waals surface area (Å²) in [5.74, 6) is 0.606. The van der Waals surface area contributed by atoms with Gasteiger partial charge in [-0.05, 0) is 36.5 Å². The predicted octanol–water partition coefficient (Wildman–Crippen LogP) is 1.32. The topological polar surface area (TPSA) is 59.8 Å². The number of hydrogen-bond acceptors (Lipinski definition) is 3. The Hall–Kier alpha value is -0.950. The molecule has 1 aromatic rings. The molecule has 6 heteroatoms. The van der Waals surface area contributed by atoms with E-state index in [1.807, 2.05) is 12.1 Å². The highest BCUT2D eigenvalue weighted by atomic mass is 32.2. The minimum Gasteiger partial charge on any atom is -0.370 e. The lowest BCUT2D eigenvalue weighted by molar-refractivity contribution is -0.908. The Kier molecular flexibility index (Phi) is 6.87. The summed E-state index contributed by atoms with van der Waals surface area (Å²) in [6.07, 6.45) is 7.23. The Morgan fingerprint density at radius 1 is 1.04 bits per heavy atom. The predicted molar refractivity (Wildman–Crippen MR) is 98.5 cm³/mol. The number of quaternary nitrogens is 1. The number of hydrogen-bond donors (Lipinski definition) is 2. The second-order valence-electron chi connectivity index (χ2n) is 7.27. The van der Waals surface area contributed by atoms with Gasteiger partial charge in [0, 0.05) is 13.0 Å². The highest BCUT2D eigenvalue weighted by Gasteiger charge is 2.18. The van der Waals surface area contributed by atoms with Crippen molar-refractivity contribution in [3.05, 3.63) is 29.8 Å². The van der Waals surface area contributed by atoms with Crippen LogP contribution in [0, 0.1) is 0 Å². The van der Waals surface area contributed by atoms with Crippen molar-refractivity contribution in [1.82, 2.24) is 4.72 Å². The molecule has 1 heterocycles. The maximum absolute atomic E-state index is 12.4. The Balaban J connectivity index is 1.47. The molecule has 5 nitrogen and oxygen atoms in total. The summed E-state index contributed by atoms with van der Waals surface area (Å²) in [6, 6.07) is 7.53. The van der Waals surface area contributed by atoms with Crippen molar-refractivity contribution in [1.29, 1.82) is 0 Å². The van der Waals surface area contributed by atoms with Crippen LogP contribution in [0.4, 0.5) is 0 Å². The van der Waals surface area contributed by atoms with Crippen molar-refractivity contribution in [3.63, 3.8) is 0 Å². The van der Waals surface area contributed by atoms with Crippen molar-refractivity contribution in [2.45, 2.75) is 49.3 Å². The molecule has 0 aromatic heterocycles. The van der Waals surface area contributed by atoms with Gasteiger partial charge < -0.3 is 9.64 Å². The van der Waals surface area contributed by atoms with E-state index in [9.17, 15) is 8.42 Å². The maximum atomic E-state index is 12.4. The molecule has 1 aliphatic carbocycles. The van der Waals surface area contributed by atoms with E-state index in [1.165, 1.54) is 42.6 Å². The number of sulfonamides is 1. The van der Waals surface area contributed by atoms with Gasteiger partial charge in [-0.3, -0.25) is 0 Å². The molecule has 0 radical (unpaired) electrons. The molecule has 0 spiro atoms. The molecule has 1 aromatic carbocycles. The third-order valence-corrected chi connectivity index (χ3v) is 6.94. The van der Waals surface area contributed by atoms with Crippen LogP contribution in [-0.2, 0) is 14.8 Å². The lowest BCUT2D eigenvalue weighted by atomic mass is 9.84. The summed E-state index contributed by atoms with van der Waals surface area (Å²) >= 11 is 0. The fourth-order valence-electron chi connectivity index (χ4n) is 3.89. The largest absolute Gasteiger partial charge is 0.370 e. The molecule has 2 fully saturated rings. The van der Waals surface area contributed by atoms with Crippen molar-refractivity contribution < 1.29 is 18.1 Å². The van der Waals surface area contributed by atoms with E-state index >= 15 is 0 Å². The average Bonchev–Trinajstić information content (AvgIpc) is 2.67. The lowest BCUT2D eigenvalue weighted by Crippen LogP contribution is -3.14. The SMILES string of the molecule is O=S(=O)(NCCC[NH+]1CCOCC1)c1ccc(C2CCCCC2)cc1. The van der Waals surface area contributed by atoms with E-state index in [0.29, 0.717) is 17.4 Å². The van der Waals surface area contributed by atoms with E-state index in [-0.39, 0.29) is 0 Å². The van der Waals surface area contributed by atoms with E-state index in [1.54, 1.807) is 12.1 Å². The fraction of sp³-hybridized carbons (Fsp3) is 0.684. The molecule has 1 saturated carbocycles. The van der Waals surface area contributed by atoms with Gasteiger partial charge in [0.25, 0.3) is 0 Å². The minimum absolute atomic E-state index is 0.380. The Labute approximate surface area is 151 Å². The Morgan fingerprint density at radius 2 is 1.72 bits per heavy atom. The first-order chi connectivity index (χ1) is 12.1. The monoisotopic (exact) mass is 367 g/mol. The second kappa shape index (κ2) is 9.12. The first-order valence-electron chi connectivity index (χ1n) is 9.66. The molecular weight excluding hydrogens is 336 g/mol. The summed E-state index contributed by atoms with van der Waals surface area (Å²) in [6.45, 7) is 5.16. The number of benzene rings is 1. The summed E-state index contributed by atoms with van der Waals surface area (Å²) in [5.41, 5.74) is 1.29. The summed E-state index contributed by atoms with van der Waals surface area (Å²) in [4.78, 5) is 1.88. The van der Waals surface area contributed by atoms with Gasteiger partial charge in [-0.15, -0.1) is 0 Å². The quantitative estimate of drug-likeness (QED) is 0.715. The zero-order chi connectivity index (χ0) is 17.5. The van der Waals surface area contributed by atoms with Crippen molar-refractivity contribution in [2.75, 3.05) is 39.4 Å². The van der Waals surface area contributed by atoms with Gasteiger partial charge in [-0.2, -0.15) is 0 Å². The molecule has 2 aliphatic rings. The Morgan fingerprint density at radius 3 is 2.40 bits per heavy atom. The highest BCUT2D eigenvalue weighted by molar-refractivity contribution is 7.89. The second-order valence-corrected chi connectivity index (χ2v) is 9.03. The average molecular weight is 368 g/mol. The number of ether oxygens (including phenoxy) is 1. The summed E-state index contributed by atoms with van der Waals surface area (Å²) in [7, 11) is -3.39. The van der Waals surface area contributed by atoms with Crippen LogP contribution < -0.4 is 9.62 Å². The van der Waals surface area contributed by atoms with Crippen LogP contribution in [0.25, 0.3) is 0 Å². The van der Waals surface area contributed by atoms with Crippen LogP contribution in [0.3, 0.4) is 0 Å². The zero-order valence-corrected chi connectivity index (χ0v) is 15.8. The van der Waals surface area contributed by atoms with Gasteiger partial charge in [-0.25, -0.2) is 13.1 Å². The smallest absolute Gasteiger partial charge is 0.240 e. The van der Waals surface area contributed by atoms with Gasteiger partial charge in [-0.1, -0.05) is 31.4 Å². The van der Waals surface area contributed by atoms with Gasteiger partial charge in [0.2, 0.25) is 10.0 Å². The summed E-state index contributed by atoms with van der Waals surface area (Å²) in [5, 5.41) is 0. The fourth-order valence-corrected chi connectivity index (χ4v) is 4.97. The third-order valence-electron chi connectivity index (χ3n) is 5.47.